The normalized spacial score (nSPS) is 30.6. The number of aliphatic hydroxyl groups is 2. The third kappa shape index (κ3) is 9.58. The van der Waals surface area contributed by atoms with Gasteiger partial charge in [-0.3, -0.25) is 23.4 Å². The molecule has 0 amide bonds. The van der Waals surface area contributed by atoms with Gasteiger partial charge in [0.1, 0.15) is 18.3 Å². The van der Waals surface area contributed by atoms with Gasteiger partial charge >= 0.3 is 37.0 Å². The number of rotatable bonds is 12. The van der Waals surface area contributed by atoms with E-state index < -0.39 is 79.8 Å². The van der Waals surface area contributed by atoms with Crippen LogP contribution in [0.5, 0.6) is 0 Å². The van der Waals surface area contributed by atoms with E-state index in [0.717, 1.165) is 18.7 Å². The predicted molar refractivity (Wildman–Crippen MR) is 124 cm³/mol. The van der Waals surface area contributed by atoms with Crippen LogP contribution in [-0.2, 0) is 45.0 Å². The van der Waals surface area contributed by atoms with Crippen LogP contribution in [0.2, 0.25) is 0 Å². The second-order valence-electron chi connectivity index (χ2n) is 8.34. The maximum Gasteiger partial charge on any atom is 0.490 e. The molecule has 0 spiro atoms. The smallest absolute Gasteiger partial charge is 0.387 e. The maximum absolute atomic E-state index is 12.1. The number of hydrogen-bond donors (Lipinski definition) is 7. The first kappa shape index (κ1) is 32.6. The van der Waals surface area contributed by atoms with Crippen molar-refractivity contribution in [3.8, 4) is 0 Å². The van der Waals surface area contributed by atoms with E-state index in [4.69, 9.17) is 9.26 Å². The molecule has 39 heavy (non-hydrogen) atoms. The third-order valence-corrected chi connectivity index (χ3v) is 11.3. The zero-order chi connectivity index (χ0) is 29.2. The summed E-state index contributed by atoms with van der Waals surface area (Å²) in [6.07, 6.45) is -3.92. The molecule has 2 aliphatic rings. The first-order valence-electron chi connectivity index (χ1n) is 11.0. The van der Waals surface area contributed by atoms with Gasteiger partial charge in [0.2, 0.25) is 0 Å². The second kappa shape index (κ2) is 12.5. The van der Waals surface area contributed by atoms with Gasteiger partial charge in [0.25, 0.3) is 5.56 Å². The molecule has 1 saturated heterocycles. The van der Waals surface area contributed by atoms with Crippen LogP contribution < -0.4 is 11.2 Å². The summed E-state index contributed by atoms with van der Waals surface area (Å²) in [6.45, 7) is -1.12. The van der Waals surface area contributed by atoms with Gasteiger partial charge in [-0.25, -0.2) is 23.1 Å². The number of phosphoric acid groups is 4. The van der Waals surface area contributed by atoms with Gasteiger partial charge in [0, 0.05) is 12.3 Å². The van der Waals surface area contributed by atoms with Crippen molar-refractivity contribution in [2.45, 2.75) is 62.7 Å². The Hall–Kier alpha value is -0.880. The van der Waals surface area contributed by atoms with E-state index in [-0.39, 0.29) is 0 Å². The maximum atomic E-state index is 12.1. The molecular formula is C15H26N2O18P4. The SMILES string of the molecule is O=c1ccn([C@@H]2O[C@H](COP(=O)(O)OP(=O)(O)OP(=O)(O)OP(=O)(O)OC3CCCCC3)[C@@H](O)[C@H]2O)c(=O)[nH]1. The van der Waals surface area contributed by atoms with E-state index in [1.807, 2.05) is 4.98 Å². The van der Waals surface area contributed by atoms with Crippen molar-refractivity contribution in [2.24, 2.45) is 0 Å². The quantitative estimate of drug-likeness (QED) is 0.147. The Morgan fingerprint density at radius 1 is 0.872 bits per heavy atom. The highest BCUT2D eigenvalue weighted by Gasteiger charge is 2.48. The molecule has 4 unspecified atom stereocenters. The molecule has 20 nitrogen and oxygen atoms in total. The topological polar surface area (TPSA) is 300 Å². The van der Waals surface area contributed by atoms with Gasteiger partial charge in [-0.15, -0.1) is 0 Å². The number of hydrogen-bond acceptors (Lipinski definition) is 14. The number of aliphatic hydroxyl groups excluding tert-OH is 2. The summed E-state index contributed by atoms with van der Waals surface area (Å²) < 4.78 is 74.7. The lowest BCUT2D eigenvalue weighted by Crippen LogP contribution is -2.37. The minimum absolute atomic E-state index is 0.343. The van der Waals surface area contributed by atoms with Crippen LogP contribution in [0.15, 0.2) is 21.9 Å². The van der Waals surface area contributed by atoms with Crippen molar-refractivity contribution >= 4 is 31.3 Å². The summed E-state index contributed by atoms with van der Waals surface area (Å²) in [4.78, 5) is 63.6. The van der Waals surface area contributed by atoms with Crippen molar-refractivity contribution in [3.05, 3.63) is 33.1 Å². The van der Waals surface area contributed by atoms with Crippen LogP contribution in [0.1, 0.15) is 38.3 Å². The Kier molecular flexibility index (Phi) is 10.5. The van der Waals surface area contributed by atoms with Crippen LogP contribution in [0.4, 0.5) is 0 Å². The summed E-state index contributed by atoms with van der Waals surface area (Å²) in [5.41, 5.74) is -1.79. The molecular weight excluding hydrogens is 620 g/mol. The Bertz CT molecular complexity index is 1320. The molecule has 2 fully saturated rings. The van der Waals surface area contributed by atoms with Gasteiger partial charge in [0.05, 0.1) is 12.7 Å². The van der Waals surface area contributed by atoms with Crippen molar-refractivity contribution in [1.29, 1.82) is 0 Å². The van der Waals surface area contributed by atoms with Gasteiger partial charge in [-0.2, -0.15) is 12.9 Å². The van der Waals surface area contributed by atoms with Crippen LogP contribution in [0.25, 0.3) is 0 Å². The fourth-order valence-electron chi connectivity index (χ4n) is 3.71. The molecule has 0 aromatic carbocycles. The number of ether oxygens (including phenoxy) is 1. The van der Waals surface area contributed by atoms with Crippen LogP contribution in [0.3, 0.4) is 0 Å². The summed E-state index contributed by atoms with van der Waals surface area (Å²) in [5.74, 6) is 0. The van der Waals surface area contributed by atoms with Gasteiger partial charge < -0.3 is 34.5 Å². The fraction of sp³-hybridized carbons (Fsp3) is 0.733. The number of phosphoric ester groups is 2. The lowest BCUT2D eigenvalue weighted by molar-refractivity contribution is -0.0542. The Morgan fingerprint density at radius 2 is 1.44 bits per heavy atom. The molecule has 0 radical (unpaired) electrons. The number of nitrogens with one attached hydrogen (secondary N) is 1. The molecule has 24 heteroatoms. The summed E-state index contributed by atoms with van der Waals surface area (Å²) >= 11 is 0. The first-order chi connectivity index (χ1) is 17.9. The van der Waals surface area contributed by atoms with Gasteiger partial charge in [-0.05, 0) is 12.8 Å². The molecule has 0 bridgehead atoms. The Labute approximate surface area is 218 Å². The highest BCUT2D eigenvalue weighted by Crippen LogP contribution is 2.71. The summed E-state index contributed by atoms with van der Waals surface area (Å²) in [7, 11) is -22.9. The van der Waals surface area contributed by atoms with Crippen molar-refractivity contribution in [2.75, 3.05) is 6.61 Å². The number of aromatic nitrogens is 2. The lowest BCUT2D eigenvalue weighted by atomic mass is 9.98. The van der Waals surface area contributed by atoms with Gasteiger partial charge in [0.15, 0.2) is 6.23 Å². The molecule has 1 aromatic rings. The average Bonchev–Trinajstić information content (AvgIpc) is 3.04. The van der Waals surface area contributed by atoms with Crippen molar-refractivity contribution in [3.63, 3.8) is 0 Å². The predicted octanol–water partition coefficient (Wildman–Crippen LogP) is -0.0269. The van der Waals surface area contributed by atoms with E-state index in [0.29, 0.717) is 30.3 Å². The minimum atomic E-state index is -6.02. The zero-order valence-electron chi connectivity index (χ0n) is 19.6. The second-order valence-corrected chi connectivity index (χ2v) is 14.5. The van der Waals surface area contributed by atoms with E-state index in [1.54, 1.807) is 0 Å². The van der Waals surface area contributed by atoms with Crippen molar-refractivity contribution < 1.29 is 74.8 Å². The van der Waals surface area contributed by atoms with E-state index in [2.05, 4.69) is 17.5 Å². The molecule has 3 rings (SSSR count). The highest BCUT2D eigenvalue weighted by atomic mass is 31.3. The molecule has 2 heterocycles. The van der Waals surface area contributed by atoms with E-state index in [1.165, 1.54) is 0 Å². The molecule has 1 saturated carbocycles. The molecule has 1 aliphatic carbocycles. The summed E-state index contributed by atoms with van der Waals surface area (Å²) in [5, 5.41) is 20.2. The third-order valence-electron chi connectivity index (χ3n) is 5.32. The number of nitrogens with zero attached hydrogens (tertiary/aromatic N) is 1. The Morgan fingerprint density at radius 3 is 2.03 bits per heavy atom. The average molecular weight is 646 g/mol. The summed E-state index contributed by atoms with van der Waals surface area (Å²) in [6, 6.07) is 0.906. The van der Waals surface area contributed by atoms with E-state index >= 15 is 0 Å². The van der Waals surface area contributed by atoms with Crippen LogP contribution in [-0.4, -0.2) is 70.4 Å². The fourth-order valence-corrected chi connectivity index (χ4v) is 8.88. The Balaban J connectivity index is 1.57. The molecule has 1 aromatic heterocycles. The molecule has 8 atom stereocenters. The van der Waals surface area contributed by atoms with E-state index in [9.17, 15) is 57.6 Å². The largest absolute Gasteiger partial charge is 0.490 e. The van der Waals surface area contributed by atoms with Gasteiger partial charge in [-0.1, -0.05) is 19.3 Å². The highest BCUT2D eigenvalue weighted by molar-refractivity contribution is 7.69. The zero-order valence-corrected chi connectivity index (χ0v) is 23.2. The molecule has 1 aliphatic heterocycles. The minimum Gasteiger partial charge on any atom is -0.387 e. The lowest BCUT2D eigenvalue weighted by Gasteiger charge is -2.25. The number of aromatic amines is 1. The molecule has 7 N–H and O–H groups in total. The van der Waals surface area contributed by atoms with Crippen molar-refractivity contribution in [1.82, 2.24) is 9.55 Å². The monoisotopic (exact) mass is 646 g/mol. The van der Waals surface area contributed by atoms with Crippen LogP contribution >= 0.6 is 31.3 Å². The molecule has 224 valence electrons. The first-order valence-corrected chi connectivity index (χ1v) is 17.0. The van der Waals surface area contributed by atoms with Crippen LogP contribution in [0, 0.1) is 0 Å². The number of H-pyrrole nitrogens is 1. The standard InChI is InChI=1S/C15H26N2O18P4/c18-11-6-7-17(15(21)16-11)14-13(20)12(19)10(31-14)8-30-36(22,23)33-38(26,27)35-39(28,29)34-37(24,25)32-9-4-2-1-3-5-9/h6-7,9-10,12-14,19-20H,1-5,8H2,(H,22,23)(H,24,25)(H,26,27)(H,28,29)(H,16,18,21)/t10-,12-,13-,14-/m1/s1.